The monoisotopic (exact) mass is 607 g/mol. The Hall–Kier alpha value is -2.04. The summed E-state index contributed by atoms with van der Waals surface area (Å²) in [5.74, 6) is 0. The Bertz CT molecular complexity index is 17.2. The summed E-state index contributed by atoms with van der Waals surface area (Å²) in [5.41, 5.74) is 0. The molecule has 0 unspecified atom stereocenters. The van der Waals surface area contributed by atoms with Crippen LogP contribution in [-0.4, -0.2) is 11.7 Å². The molecule has 0 saturated heterocycles. The Morgan fingerprint density at radius 1 is 1.43 bits per heavy atom. The fraction of sp³-hybridized carbons (Fsp3) is 0.750. The van der Waals surface area contributed by atoms with E-state index in [2.05, 4.69) is 0 Å². The number of rotatable bonds is 2. The zero-order chi connectivity index (χ0) is 4.12. The van der Waals surface area contributed by atoms with E-state index in [0.29, 0.717) is 0 Å². The summed E-state index contributed by atoms with van der Waals surface area (Å²) in [4.78, 5) is 0. The van der Waals surface area contributed by atoms with Crippen molar-refractivity contribution in [1.29, 1.82) is 0 Å². The third-order valence-electron chi connectivity index (χ3n) is 0.418. The van der Waals surface area contributed by atoms with E-state index < -0.39 is 0 Å². The summed E-state index contributed by atoms with van der Waals surface area (Å²) < 4.78 is 0. The van der Waals surface area contributed by atoms with Crippen LogP contribution < -0.4 is 0 Å². The molecule has 0 aliphatic carbocycles. The second-order valence-corrected chi connectivity index (χ2v) is 0.921. The number of aliphatic hydroxyl groups is 1. The molecule has 0 aromatic heterocycles. The molecule has 0 aromatic rings. The molecule has 0 atom stereocenters. The van der Waals surface area contributed by atoms with E-state index in [1.165, 1.54) is 0 Å². The predicted octanol–water partition coefficient (Wildman–Crippen LogP) is 0.593. The Morgan fingerprint density at radius 3 is 1.86 bits per heavy atom. The van der Waals surface area contributed by atoms with Gasteiger partial charge in [0.25, 0.3) is 0 Å². The molecule has 0 radical (unpaired) electrons. The third kappa shape index (κ3) is 9510. The minimum atomic E-state index is 0. The molecule has 0 aliphatic heterocycles. The van der Waals surface area contributed by atoms with Crippen LogP contribution in [0, 0.1) is 6.42 Å². The van der Waals surface area contributed by atoms with E-state index in [4.69, 9.17) is 5.11 Å². The normalized spacial score (nSPS) is 6.00. The van der Waals surface area contributed by atoms with Crippen molar-refractivity contribution in [3.05, 3.63) is 6.42 Å². The minimum absolute atomic E-state index is 0. The summed E-state index contributed by atoms with van der Waals surface area (Å²) in [5, 5.41) is 8.04. The molecule has 0 spiro atoms. The van der Waals surface area contributed by atoms with Crippen molar-refractivity contribution in [3.8, 4) is 0 Å². The number of unbranched alkanes of at least 4 members (excludes halogenated alkanes) is 1. The molecule has 0 bridgehead atoms. The van der Waals surface area contributed by atoms with Gasteiger partial charge in [-0.25, -0.2) is 0 Å². The molecule has 0 rings (SSSR count). The summed E-state index contributed by atoms with van der Waals surface area (Å²) in [6.45, 7) is 2.22. The Kier molecular flexibility index (Phi) is 109. The fourth-order valence-corrected chi connectivity index (χ4v) is 0.129. The first kappa shape index (κ1) is 20.2. The van der Waals surface area contributed by atoms with Gasteiger partial charge < -0.3 is 11.5 Å². The van der Waals surface area contributed by atoms with Gasteiger partial charge in [-0.15, -0.1) is 0 Å². The fourth-order valence-electron chi connectivity index (χ4n) is 0.129. The third-order valence-corrected chi connectivity index (χ3v) is 0.418. The van der Waals surface area contributed by atoms with Crippen LogP contribution in [0.5, 0.6) is 0 Å². The van der Waals surface area contributed by atoms with E-state index in [9.17, 15) is 0 Å². The molecule has 36 valence electrons. The summed E-state index contributed by atoms with van der Waals surface area (Å²) in [6, 6.07) is 0. The standard InChI is InChI=1S/C4H9O.2Rf/c1-2-3-4-5;;/h2,5H,3-4H2,1H3;;/q-1;;. The average Bonchev–Trinajstić information content (AvgIpc) is 1.41. The minimum Gasteiger partial charge on any atom is -0.399 e. The SMILES string of the molecule is C[CH-]CCO.[Rf].[Rf]. The van der Waals surface area contributed by atoms with Gasteiger partial charge in [-0.05, 0) is 0 Å². The maximum atomic E-state index is 8.04. The molecule has 1 N–H and O–H groups in total. The molecular formula is C4H9ORf2-. The van der Waals surface area contributed by atoms with Crippen LogP contribution in [0.2, 0.25) is 0 Å². The number of aliphatic hydroxyl groups excluding tert-OH is 1. The van der Waals surface area contributed by atoms with Gasteiger partial charge in [-0.3, -0.25) is 0 Å². The van der Waals surface area contributed by atoms with Crippen molar-refractivity contribution in [1.82, 2.24) is 0 Å². The van der Waals surface area contributed by atoms with Crippen molar-refractivity contribution in [2.45, 2.75) is 13.3 Å². The smallest absolute Gasteiger partial charge is 0.0161 e. The van der Waals surface area contributed by atoms with Crippen molar-refractivity contribution in [3.63, 3.8) is 0 Å². The van der Waals surface area contributed by atoms with E-state index >= 15 is 0 Å². The van der Waals surface area contributed by atoms with Crippen molar-refractivity contribution >= 4 is 0 Å². The van der Waals surface area contributed by atoms with E-state index in [1.807, 2.05) is 13.3 Å². The molecule has 0 amide bonds. The first-order valence-electron chi connectivity index (χ1n) is 1.80. The Labute approximate surface area is 32.6 Å². The zero-order valence-electron chi connectivity index (χ0n) is 4.85. The van der Waals surface area contributed by atoms with Crippen LogP contribution in [0.3, 0.4) is 0 Å². The molecule has 7 heavy (non-hydrogen) atoms. The zero-order valence-corrected chi connectivity index (χ0v) is 17.7. The Balaban J connectivity index is -0.0000000800. The number of hydrogen-bond acceptors (Lipinski definition) is 1. The molecule has 0 fully saturated rings. The molecule has 0 aliphatic rings. The molecule has 0 saturated carbocycles. The molecule has 0 heterocycles. The predicted molar refractivity (Wildman–Crippen MR) is 21.7 cm³/mol. The van der Waals surface area contributed by atoms with Crippen molar-refractivity contribution < 1.29 is 5.11 Å². The summed E-state index contributed by atoms with van der Waals surface area (Å²) in [6.07, 6.45) is 2.75. The van der Waals surface area contributed by atoms with Crippen molar-refractivity contribution in [2.75, 3.05) is 6.61 Å². The first-order valence-corrected chi connectivity index (χ1v) is 1.80. The second kappa shape index (κ2) is 37.6. The molecular weight excluding hydrogens is 598 g/mol. The van der Waals surface area contributed by atoms with Crippen LogP contribution in [0.15, 0.2) is 0 Å². The maximum Gasteiger partial charge on any atom is 0.0161 e. The maximum absolute atomic E-state index is 8.04. The van der Waals surface area contributed by atoms with Gasteiger partial charge in [0.05, 0.1) is 0 Å². The summed E-state index contributed by atoms with van der Waals surface area (Å²) >= 11 is 0. The largest absolute Gasteiger partial charge is 0.399 e. The average molecular weight is 607 g/mol. The van der Waals surface area contributed by atoms with Crippen LogP contribution >= 0.6 is 0 Å². The van der Waals surface area contributed by atoms with Gasteiger partial charge in [-0.1, -0.05) is 0 Å². The first-order chi connectivity index (χ1) is 2.41. The van der Waals surface area contributed by atoms with Crippen LogP contribution in [-0.2, 0) is 0 Å². The van der Waals surface area contributed by atoms with Gasteiger partial charge in [0.15, 0.2) is 0 Å². The Morgan fingerprint density at radius 2 is 1.86 bits per heavy atom. The second-order valence-electron chi connectivity index (χ2n) is 0.921. The molecule has 3 heteroatoms. The van der Waals surface area contributed by atoms with Gasteiger partial charge in [-0.2, -0.15) is 13.3 Å². The van der Waals surface area contributed by atoms with E-state index in [0.717, 1.165) is 6.42 Å². The molecule has 1 nitrogen and oxygen atoms in total. The van der Waals surface area contributed by atoms with Gasteiger partial charge in [0, 0.05) is 6.61 Å². The van der Waals surface area contributed by atoms with E-state index in [1.54, 1.807) is 0 Å². The van der Waals surface area contributed by atoms with Crippen molar-refractivity contribution in [2.24, 2.45) is 0 Å². The van der Waals surface area contributed by atoms with E-state index in [-0.39, 0.29) is 6.61 Å². The van der Waals surface area contributed by atoms with Gasteiger partial charge in [0.2, 0.25) is 0 Å². The summed E-state index contributed by atoms with van der Waals surface area (Å²) in [7, 11) is 0. The van der Waals surface area contributed by atoms with Crippen LogP contribution in [0.25, 0.3) is 0 Å². The van der Waals surface area contributed by atoms with Gasteiger partial charge in [0.1, 0.15) is 0 Å². The number of hydrogen-bond donors (Lipinski definition) is 1. The van der Waals surface area contributed by atoms with Crippen LogP contribution in [0.4, 0.5) is 0 Å². The quantitative estimate of drug-likeness (QED) is 0.457. The topological polar surface area (TPSA) is 20.2 Å². The molecule has 0 aromatic carbocycles. The van der Waals surface area contributed by atoms with Gasteiger partial charge >= 0.3 is 0 Å². The van der Waals surface area contributed by atoms with Crippen LogP contribution in [0.1, 0.15) is 13.3 Å².